The number of hydrogen-bond donors (Lipinski definition) is 1. The Morgan fingerprint density at radius 1 is 1.07 bits per heavy atom. The molecule has 27 heavy (non-hydrogen) atoms. The molecule has 0 aliphatic carbocycles. The molecule has 0 heterocycles. The molecule has 1 amide bonds. The average molecular weight is 389 g/mol. The highest BCUT2D eigenvalue weighted by atomic mass is 32.2. The van der Waals surface area contributed by atoms with E-state index in [1.165, 1.54) is 11.8 Å². The summed E-state index contributed by atoms with van der Waals surface area (Å²) >= 11 is 1.40. The van der Waals surface area contributed by atoms with E-state index in [2.05, 4.69) is 5.32 Å². The first kappa shape index (κ1) is 20.6. The number of thioether (sulfide) groups is 1. The Balaban J connectivity index is 2.04. The molecule has 2 aromatic rings. The molecule has 0 aliphatic heterocycles. The molecule has 144 valence electrons. The monoisotopic (exact) mass is 389 g/mol. The number of carbonyl (C=O) groups is 2. The number of methoxy groups -OCH3 is 2. The van der Waals surface area contributed by atoms with Crippen molar-refractivity contribution in [2.75, 3.05) is 26.1 Å². The number of carbonyl (C=O) groups excluding carboxylic acids is 2. The van der Waals surface area contributed by atoms with E-state index in [0.29, 0.717) is 29.4 Å². The molecule has 0 saturated heterocycles. The van der Waals surface area contributed by atoms with E-state index in [4.69, 9.17) is 14.2 Å². The van der Waals surface area contributed by atoms with Gasteiger partial charge >= 0.3 is 5.97 Å². The Kier molecular flexibility index (Phi) is 7.55. The lowest BCUT2D eigenvalue weighted by Crippen LogP contribution is -2.22. The number of anilines is 1. The maximum atomic E-state index is 12.5. The van der Waals surface area contributed by atoms with E-state index >= 15 is 0 Å². The Bertz CT molecular complexity index is 809. The highest BCUT2D eigenvalue weighted by Gasteiger charge is 2.17. The van der Waals surface area contributed by atoms with Crippen LogP contribution in [0.1, 0.15) is 24.2 Å². The van der Waals surface area contributed by atoms with E-state index in [9.17, 15) is 9.59 Å². The summed E-state index contributed by atoms with van der Waals surface area (Å²) in [6, 6.07) is 12.2. The molecule has 0 bridgehead atoms. The van der Waals surface area contributed by atoms with Gasteiger partial charge in [-0.15, -0.1) is 11.8 Å². The first-order valence-corrected chi connectivity index (χ1v) is 9.33. The minimum absolute atomic E-state index is 0.171. The number of ether oxygens (including phenoxy) is 3. The molecular weight excluding hydrogens is 366 g/mol. The van der Waals surface area contributed by atoms with Crippen molar-refractivity contribution in [2.45, 2.75) is 24.0 Å². The molecule has 0 aromatic heterocycles. The van der Waals surface area contributed by atoms with Crippen LogP contribution in [0.4, 0.5) is 5.69 Å². The van der Waals surface area contributed by atoms with Crippen LogP contribution in [0.15, 0.2) is 47.4 Å². The quantitative estimate of drug-likeness (QED) is 0.543. The summed E-state index contributed by atoms with van der Waals surface area (Å²) in [4.78, 5) is 25.2. The number of hydrogen-bond acceptors (Lipinski definition) is 6. The summed E-state index contributed by atoms with van der Waals surface area (Å²) in [5, 5.41) is 2.47. The van der Waals surface area contributed by atoms with Crippen LogP contribution in [-0.4, -0.2) is 38.0 Å². The van der Waals surface area contributed by atoms with Crippen LogP contribution in [-0.2, 0) is 9.53 Å². The van der Waals surface area contributed by atoms with Gasteiger partial charge in [0, 0.05) is 10.6 Å². The first-order valence-electron chi connectivity index (χ1n) is 8.45. The Labute approximate surface area is 163 Å². The molecule has 2 rings (SSSR count). The van der Waals surface area contributed by atoms with Crippen molar-refractivity contribution in [3.05, 3.63) is 48.0 Å². The van der Waals surface area contributed by atoms with E-state index < -0.39 is 5.97 Å². The minimum Gasteiger partial charge on any atom is -0.493 e. The summed E-state index contributed by atoms with van der Waals surface area (Å²) in [6.07, 6.45) is 0. The SMILES string of the molecule is CCOC(=O)c1cccc(NC(=O)[C@H](C)Sc2ccc(OC)c(OC)c2)c1. The second kappa shape index (κ2) is 9.87. The second-order valence-electron chi connectivity index (χ2n) is 5.57. The molecule has 0 radical (unpaired) electrons. The van der Waals surface area contributed by atoms with Crippen molar-refractivity contribution < 1.29 is 23.8 Å². The number of nitrogens with one attached hydrogen (secondary N) is 1. The molecule has 0 saturated carbocycles. The lowest BCUT2D eigenvalue weighted by molar-refractivity contribution is -0.115. The van der Waals surface area contributed by atoms with Crippen LogP contribution in [0.25, 0.3) is 0 Å². The third kappa shape index (κ3) is 5.65. The predicted octanol–water partition coefficient (Wildman–Crippen LogP) is 4.00. The number of benzene rings is 2. The first-order chi connectivity index (χ1) is 13.0. The van der Waals surface area contributed by atoms with Crippen molar-refractivity contribution in [1.29, 1.82) is 0 Å². The minimum atomic E-state index is -0.415. The molecule has 0 fully saturated rings. The van der Waals surface area contributed by atoms with Crippen molar-refractivity contribution in [3.8, 4) is 11.5 Å². The summed E-state index contributed by atoms with van der Waals surface area (Å²) in [5.41, 5.74) is 0.945. The fraction of sp³-hybridized carbons (Fsp3) is 0.300. The van der Waals surface area contributed by atoms with Gasteiger partial charge in [0.05, 0.1) is 31.6 Å². The Morgan fingerprint density at radius 3 is 2.48 bits per heavy atom. The van der Waals surface area contributed by atoms with Gasteiger partial charge in [-0.1, -0.05) is 6.07 Å². The third-order valence-corrected chi connectivity index (χ3v) is 4.77. The smallest absolute Gasteiger partial charge is 0.338 e. The fourth-order valence-electron chi connectivity index (χ4n) is 2.33. The standard InChI is InChI=1S/C20H23NO5S/c1-5-26-20(23)14-7-6-8-15(11-14)21-19(22)13(2)27-16-9-10-17(24-3)18(12-16)25-4/h6-13H,5H2,1-4H3,(H,21,22)/t13-/m0/s1. The van der Waals surface area contributed by atoms with Crippen LogP contribution in [0, 0.1) is 0 Å². The molecule has 6 nitrogen and oxygen atoms in total. The topological polar surface area (TPSA) is 73.9 Å². The lowest BCUT2D eigenvalue weighted by atomic mass is 10.2. The highest BCUT2D eigenvalue weighted by molar-refractivity contribution is 8.00. The van der Waals surface area contributed by atoms with Crippen molar-refractivity contribution >= 4 is 29.3 Å². The summed E-state index contributed by atoms with van der Waals surface area (Å²) in [5.74, 6) is 0.657. The van der Waals surface area contributed by atoms with Crippen LogP contribution >= 0.6 is 11.8 Å². The lowest BCUT2D eigenvalue weighted by Gasteiger charge is -2.14. The zero-order valence-corrected chi connectivity index (χ0v) is 16.6. The van der Waals surface area contributed by atoms with E-state index in [1.807, 2.05) is 19.1 Å². The number of rotatable bonds is 8. The van der Waals surface area contributed by atoms with Crippen molar-refractivity contribution in [3.63, 3.8) is 0 Å². The van der Waals surface area contributed by atoms with E-state index in [0.717, 1.165) is 4.90 Å². The van der Waals surface area contributed by atoms with Gasteiger partial charge in [-0.3, -0.25) is 4.79 Å². The van der Waals surface area contributed by atoms with Gasteiger partial charge < -0.3 is 19.5 Å². The Morgan fingerprint density at radius 2 is 1.81 bits per heavy atom. The van der Waals surface area contributed by atoms with Gasteiger partial charge in [-0.05, 0) is 50.2 Å². The van der Waals surface area contributed by atoms with E-state index in [1.54, 1.807) is 51.5 Å². The second-order valence-corrected chi connectivity index (χ2v) is 6.98. The average Bonchev–Trinajstić information content (AvgIpc) is 2.68. The van der Waals surface area contributed by atoms with Gasteiger partial charge in [-0.25, -0.2) is 4.79 Å². The fourth-order valence-corrected chi connectivity index (χ4v) is 3.23. The summed E-state index contributed by atoms with van der Waals surface area (Å²) in [7, 11) is 3.14. The van der Waals surface area contributed by atoms with Gasteiger partial charge in [0.2, 0.25) is 5.91 Å². The van der Waals surface area contributed by atoms with Crippen molar-refractivity contribution in [2.24, 2.45) is 0 Å². The largest absolute Gasteiger partial charge is 0.493 e. The molecule has 7 heteroatoms. The van der Waals surface area contributed by atoms with E-state index in [-0.39, 0.29) is 11.2 Å². The number of amides is 1. The zero-order chi connectivity index (χ0) is 19.8. The maximum Gasteiger partial charge on any atom is 0.338 e. The van der Waals surface area contributed by atoms with Crippen LogP contribution in [0.3, 0.4) is 0 Å². The maximum absolute atomic E-state index is 12.5. The van der Waals surface area contributed by atoms with Gasteiger partial charge in [0.25, 0.3) is 0 Å². The van der Waals surface area contributed by atoms with Gasteiger partial charge in [0.1, 0.15) is 0 Å². The van der Waals surface area contributed by atoms with Crippen molar-refractivity contribution in [1.82, 2.24) is 0 Å². The zero-order valence-electron chi connectivity index (χ0n) is 15.8. The molecule has 1 N–H and O–H groups in total. The summed E-state index contributed by atoms with van der Waals surface area (Å²) in [6.45, 7) is 3.86. The summed E-state index contributed by atoms with van der Waals surface area (Å²) < 4.78 is 15.5. The van der Waals surface area contributed by atoms with Crippen LogP contribution in [0.2, 0.25) is 0 Å². The van der Waals surface area contributed by atoms with Crippen LogP contribution < -0.4 is 14.8 Å². The highest BCUT2D eigenvalue weighted by Crippen LogP contribution is 2.33. The molecule has 0 aliphatic rings. The molecule has 0 spiro atoms. The Hall–Kier alpha value is -2.67. The normalized spacial score (nSPS) is 11.4. The molecule has 1 atom stereocenters. The molecular formula is C20H23NO5S. The van der Waals surface area contributed by atoms with Crippen LogP contribution in [0.5, 0.6) is 11.5 Å². The third-order valence-electron chi connectivity index (χ3n) is 3.68. The van der Waals surface area contributed by atoms with Gasteiger partial charge in [-0.2, -0.15) is 0 Å². The van der Waals surface area contributed by atoms with Gasteiger partial charge in [0.15, 0.2) is 11.5 Å². The number of esters is 1. The molecule has 0 unspecified atom stereocenters. The molecule has 2 aromatic carbocycles. The predicted molar refractivity (Wildman–Crippen MR) is 106 cm³/mol.